The minimum absolute atomic E-state index is 0.0602. The van der Waals surface area contributed by atoms with Gasteiger partial charge < -0.3 is 19.9 Å². The minimum atomic E-state index is -1.02. The van der Waals surface area contributed by atoms with Crippen LogP contribution < -0.4 is 14.8 Å². The number of aryl methyl sites for hydroxylation is 2. The zero-order valence-electron chi connectivity index (χ0n) is 15.1. The van der Waals surface area contributed by atoms with Gasteiger partial charge in [0.15, 0.2) is 19.0 Å². The Labute approximate surface area is 151 Å². The number of carboxylic acids is 1. The molecule has 0 aliphatic rings. The van der Waals surface area contributed by atoms with Crippen molar-refractivity contribution in [3.63, 3.8) is 0 Å². The number of hydrogen-bond acceptors (Lipinski definition) is 5. The van der Waals surface area contributed by atoms with Crippen molar-refractivity contribution in [2.24, 2.45) is 7.05 Å². The second-order valence-corrected chi connectivity index (χ2v) is 5.84. The van der Waals surface area contributed by atoms with Crippen LogP contribution in [0.2, 0.25) is 0 Å². The van der Waals surface area contributed by atoms with Crippen molar-refractivity contribution in [2.45, 2.75) is 20.3 Å². The number of rotatable bonds is 9. The van der Waals surface area contributed by atoms with Gasteiger partial charge in [-0.05, 0) is 38.0 Å². The third-order valence-electron chi connectivity index (χ3n) is 3.81. The summed E-state index contributed by atoms with van der Waals surface area (Å²) in [5.74, 6) is -0.0832. The van der Waals surface area contributed by atoms with E-state index in [1.807, 2.05) is 33.0 Å². The Hall–Kier alpha value is -3.03. The largest absolute Gasteiger partial charge is 0.482 e. The van der Waals surface area contributed by atoms with Gasteiger partial charge >= 0.3 is 5.97 Å². The Balaban J connectivity index is 1.72. The molecule has 8 heteroatoms. The fourth-order valence-corrected chi connectivity index (χ4v) is 2.40. The first kappa shape index (κ1) is 19.3. The van der Waals surface area contributed by atoms with Crippen molar-refractivity contribution < 1.29 is 24.2 Å². The van der Waals surface area contributed by atoms with Crippen molar-refractivity contribution in [3.05, 3.63) is 41.2 Å². The average molecular weight is 361 g/mol. The van der Waals surface area contributed by atoms with Crippen molar-refractivity contribution in [2.75, 3.05) is 19.8 Å². The van der Waals surface area contributed by atoms with Gasteiger partial charge in [0.2, 0.25) is 0 Å². The molecule has 1 aromatic heterocycles. The van der Waals surface area contributed by atoms with Crippen LogP contribution in [0.5, 0.6) is 11.5 Å². The van der Waals surface area contributed by atoms with Crippen LogP contribution in [-0.4, -0.2) is 46.5 Å². The Morgan fingerprint density at radius 1 is 1.15 bits per heavy atom. The summed E-state index contributed by atoms with van der Waals surface area (Å²) in [6.45, 7) is 3.77. The number of nitrogens with one attached hydrogen (secondary N) is 1. The zero-order chi connectivity index (χ0) is 19.1. The molecule has 2 aromatic rings. The Morgan fingerprint density at radius 3 is 2.42 bits per heavy atom. The van der Waals surface area contributed by atoms with Gasteiger partial charge in [-0.1, -0.05) is 12.1 Å². The lowest BCUT2D eigenvalue weighted by Gasteiger charge is -2.08. The second kappa shape index (κ2) is 8.89. The highest BCUT2D eigenvalue weighted by Crippen LogP contribution is 2.21. The first-order chi connectivity index (χ1) is 12.4. The van der Waals surface area contributed by atoms with E-state index in [1.54, 1.807) is 16.8 Å². The van der Waals surface area contributed by atoms with Gasteiger partial charge in [0, 0.05) is 13.6 Å². The number of hydrogen-bond donors (Lipinski definition) is 2. The molecule has 0 bridgehead atoms. The first-order valence-corrected chi connectivity index (χ1v) is 8.20. The van der Waals surface area contributed by atoms with Crippen molar-refractivity contribution in [1.82, 2.24) is 15.1 Å². The predicted molar refractivity (Wildman–Crippen MR) is 94.5 cm³/mol. The highest BCUT2D eigenvalue weighted by Gasteiger charge is 2.12. The van der Waals surface area contributed by atoms with Gasteiger partial charge in [-0.2, -0.15) is 5.10 Å². The molecule has 0 atom stereocenters. The quantitative estimate of drug-likeness (QED) is 0.697. The van der Waals surface area contributed by atoms with Gasteiger partial charge in [-0.25, -0.2) is 4.79 Å². The standard InChI is InChI=1S/C18H23N3O5/c1-12-18(13(2)21(3)20-12)26-10-16(22)19-9-8-14-4-6-15(7-5-14)25-11-17(23)24/h4-7H,8-11H2,1-3H3,(H,19,22)(H,23,24). The van der Waals surface area contributed by atoms with E-state index in [4.69, 9.17) is 14.6 Å². The van der Waals surface area contributed by atoms with E-state index in [9.17, 15) is 9.59 Å². The summed E-state index contributed by atoms with van der Waals surface area (Å²) < 4.78 is 12.3. The molecular weight excluding hydrogens is 338 g/mol. The van der Waals surface area contributed by atoms with Crippen LogP contribution in [0.25, 0.3) is 0 Å². The van der Waals surface area contributed by atoms with Crippen molar-refractivity contribution in [1.29, 1.82) is 0 Å². The zero-order valence-corrected chi connectivity index (χ0v) is 15.1. The molecule has 2 rings (SSSR count). The smallest absolute Gasteiger partial charge is 0.341 e. The lowest BCUT2D eigenvalue weighted by Crippen LogP contribution is -2.30. The Morgan fingerprint density at radius 2 is 1.85 bits per heavy atom. The Kier molecular flexibility index (Phi) is 6.60. The fraction of sp³-hybridized carbons (Fsp3) is 0.389. The first-order valence-electron chi connectivity index (χ1n) is 8.20. The highest BCUT2D eigenvalue weighted by atomic mass is 16.5. The van der Waals surface area contributed by atoms with E-state index in [1.165, 1.54) is 0 Å². The summed E-state index contributed by atoms with van der Waals surface area (Å²) in [4.78, 5) is 22.3. The maximum atomic E-state index is 11.9. The molecule has 0 saturated carbocycles. The van der Waals surface area contributed by atoms with Gasteiger partial charge in [0.25, 0.3) is 5.91 Å². The molecule has 1 heterocycles. The highest BCUT2D eigenvalue weighted by molar-refractivity contribution is 5.77. The maximum Gasteiger partial charge on any atom is 0.341 e. The molecule has 140 valence electrons. The van der Waals surface area contributed by atoms with E-state index in [0.29, 0.717) is 24.5 Å². The van der Waals surface area contributed by atoms with Gasteiger partial charge in [-0.15, -0.1) is 0 Å². The second-order valence-electron chi connectivity index (χ2n) is 5.84. The molecule has 0 spiro atoms. The van der Waals surface area contributed by atoms with Crippen LogP contribution in [0, 0.1) is 13.8 Å². The molecule has 1 aromatic carbocycles. The fourth-order valence-electron chi connectivity index (χ4n) is 2.40. The van der Waals surface area contributed by atoms with Gasteiger partial charge in [0.05, 0.1) is 5.69 Å². The average Bonchev–Trinajstić information content (AvgIpc) is 2.84. The molecular formula is C18H23N3O5. The van der Waals surface area contributed by atoms with E-state index in [-0.39, 0.29) is 19.1 Å². The summed E-state index contributed by atoms with van der Waals surface area (Å²) in [7, 11) is 1.83. The topological polar surface area (TPSA) is 103 Å². The molecule has 8 nitrogen and oxygen atoms in total. The lowest BCUT2D eigenvalue weighted by molar-refractivity contribution is -0.139. The van der Waals surface area contributed by atoms with E-state index >= 15 is 0 Å². The number of ether oxygens (including phenoxy) is 2. The van der Waals surface area contributed by atoms with E-state index in [0.717, 1.165) is 17.0 Å². The van der Waals surface area contributed by atoms with Gasteiger partial charge in [0.1, 0.15) is 11.4 Å². The third-order valence-corrected chi connectivity index (χ3v) is 3.81. The summed E-state index contributed by atoms with van der Waals surface area (Å²) >= 11 is 0. The number of aliphatic carboxylic acids is 1. The predicted octanol–water partition coefficient (Wildman–Crippen LogP) is 1.24. The van der Waals surface area contributed by atoms with Crippen molar-refractivity contribution in [3.8, 4) is 11.5 Å². The van der Waals surface area contributed by atoms with Gasteiger partial charge in [-0.3, -0.25) is 9.48 Å². The van der Waals surface area contributed by atoms with Crippen molar-refractivity contribution >= 4 is 11.9 Å². The van der Waals surface area contributed by atoms with Crippen LogP contribution >= 0.6 is 0 Å². The summed E-state index contributed by atoms with van der Waals surface area (Å²) in [6, 6.07) is 7.08. The number of nitrogens with zero attached hydrogens (tertiary/aromatic N) is 2. The molecule has 0 fully saturated rings. The van der Waals surface area contributed by atoms with Crippen LogP contribution in [-0.2, 0) is 23.1 Å². The minimum Gasteiger partial charge on any atom is -0.482 e. The molecule has 0 saturated heterocycles. The van der Waals surface area contributed by atoms with Crippen LogP contribution in [0.15, 0.2) is 24.3 Å². The molecule has 26 heavy (non-hydrogen) atoms. The van der Waals surface area contributed by atoms with Crippen LogP contribution in [0.3, 0.4) is 0 Å². The lowest BCUT2D eigenvalue weighted by atomic mass is 10.1. The number of benzene rings is 1. The molecule has 1 amide bonds. The third kappa shape index (κ3) is 5.51. The summed E-state index contributed by atoms with van der Waals surface area (Å²) in [6.07, 6.45) is 0.649. The number of carbonyl (C=O) groups is 2. The van der Waals surface area contributed by atoms with E-state index < -0.39 is 5.97 Å². The number of carbonyl (C=O) groups excluding carboxylic acids is 1. The molecule has 0 radical (unpaired) electrons. The van der Waals surface area contributed by atoms with Crippen LogP contribution in [0.1, 0.15) is 17.0 Å². The molecule has 0 unspecified atom stereocenters. The maximum absolute atomic E-state index is 11.9. The van der Waals surface area contributed by atoms with E-state index in [2.05, 4.69) is 10.4 Å². The normalized spacial score (nSPS) is 10.4. The molecule has 0 aliphatic heterocycles. The number of amides is 1. The Bertz CT molecular complexity index is 768. The molecule has 2 N–H and O–H groups in total. The number of carboxylic acid groups (broad SMARTS) is 1. The number of aromatic nitrogens is 2. The molecule has 0 aliphatic carbocycles. The van der Waals surface area contributed by atoms with Crippen LogP contribution in [0.4, 0.5) is 0 Å². The monoisotopic (exact) mass is 361 g/mol. The summed E-state index contributed by atoms with van der Waals surface area (Å²) in [5, 5.41) is 15.6. The SMILES string of the molecule is Cc1nn(C)c(C)c1OCC(=O)NCCc1ccc(OCC(=O)O)cc1. The summed E-state index contributed by atoms with van der Waals surface area (Å²) in [5.41, 5.74) is 2.64.